The lowest BCUT2D eigenvalue weighted by Crippen LogP contribution is -2.42. The molecule has 2 fully saturated rings. The fourth-order valence-corrected chi connectivity index (χ4v) is 6.33. The van der Waals surface area contributed by atoms with Gasteiger partial charge in [-0.3, -0.25) is 4.79 Å². The highest BCUT2D eigenvalue weighted by atomic mass is 32.2. The van der Waals surface area contributed by atoms with Crippen molar-refractivity contribution in [1.82, 2.24) is 29.4 Å². The minimum atomic E-state index is -3.79. The van der Waals surface area contributed by atoms with Crippen molar-refractivity contribution in [3.05, 3.63) is 30.5 Å². The molecule has 5 rings (SSSR count). The fourth-order valence-electron chi connectivity index (χ4n) is 5.29. The number of aromatic nitrogens is 4. The zero-order valence-corrected chi connectivity index (χ0v) is 24.3. The SMILES string of the molecule is CCCCNc1ncc2c(-c3ccc(S(=O)(=O)NCCC(=O)N4CCOCC4)cc3)nn([C@H]3CC[C@@H](O)CC3)c2n1. The first-order chi connectivity index (χ1) is 19.9. The second-order valence-electron chi connectivity index (χ2n) is 10.6. The van der Waals surface area contributed by atoms with Crippen LogP contribution in [0, 0.1) is 0 Å². The zero-order valence-electron chi connectivity index (χ0n) is 23.5. The number of nitrogens with zero attached hydrogens (tertiary/aromatic N) is 5. The minimum Gasteiger partial charge on any atom is -0.393 e. The van der Waals surface area contributed by atoms with Crippen molar-refractivity contribution in [2.75, 3.05) is 44.7 Å². The number of benzene rings is 1. The van der Waals surface area contributed by atoms with Gasteiger partial charge in [0.25, 0.3) is 0 Å². The van der Waals surface area contributed by atoms with Crippen LogP contribution >= 0.6 is 0 Å². The predicted molar refractivity (Wildman–Crippen MR) is 155 cm³/mol. The summed E-state index contributed by atoms with van der Waals surface area (Å²) in [5.74, 6) is 0.460. The quantitative estimate of drug-likeness (QED) is 0.289. The molecule has 0 bridgehead atoms. The lowest BCUT2D eigenvalue weighted by atomic mass is 9.93. The number of anilines is 1. The Hall–Kier alpha value is -3.13. The molecule has 3 aromatic rings. The number of ether oxygens (including phenoxy) is 1. The van der Waals surface area contributed by atoms with Crippen molar-refractivity contribution in [2.45, 2.75) is 68.9 Å². The van der Waals surface area contributed by atoms with Crippen molar-refractivity contribution < 1.29 is 23.1 Å². The third kappa shape index (κ3) is 7.03. The molecule has 222 valence electrons. The Morgan fingerprint density at radius 3 is 2.54 bits per heavy atom. The van der Waals surface area contributed by atoms with E-state index in [2.05, 4.69) is 21.9 Å². The van der Waals surface area contributed by atoms with Crippen LogP contribution in [0.15, 0.2) is 35.4 Å². The maximum Gasteiger partial charge on any atom is 0.240 e. The van der Waals surface area contributed by atoms with Crippen LogP contribution in [0.4, 0.5) is 5.95 Å². The van der Waals surface area contributed by atoms with Crippen LogP contribution in [-0.4, -0.2) is 89.6 Å². The Morgan fingerprint density at radius 2 is 1.83 bits per heavy atom. The second kappa shape index (κ2) is 13.2. The molecule has 3 N–H and O–H groups in total. The molecule has 1 amide bonds. The summed E-state index contributed by atoms with van der Waals surface area (Å²) in [6.07, 6.45) is 6.69. The molecule has 1 aromatic carbocycles. The lowest BCUT2D eigenvalue weighted by molar-refractivity contribution is -0.135. The number of morpholine rings is 1. The number of aliphatic hydroxyl groups excluding tert-OH is 1. The van der Waals surface area contributed by atoms with Crippen LogP contribution in [0.25, 0.3) is 22.3 Å². The second-order valence-corrected chi connectivity index (χ2v) is 12.4. The van der Waals surface area contributed by atoms with E-state index < -0.39 is 10.0 Å². The van der Waals surface area contributed by atoms with E-state index in [1.54, 1.807) is 35.4 Å². The standard InChI is InChI=1S/C28H39N7O5S/c1-2-3-13-29-28-30-19-24-26(33-35(27(24)32-28)21-6-8-22(36)9-7-21)20-4-10-23(11-5-20)41(38,39)31-14-12-25(37)34-15-17-40-18-16-34/h4-5,10-11,19,21-22,31,36H,2-3,6-9,12-18H2,1H3,(H,29,30,32)/t21-,22+. The molecule has 0 unspecified atom stereocenters. The largest absolute Gasteiger partial charge is 0.393 e. The zero-order chi connectivity index (χ0) is 28.8. The number of sulfonamides is 1. The van der Waals surface area contributed by atoms with Gasteiger partial charge in [-0.2, -0.15) is 10.1 Å². The van der Waals surface area contributed by atoms with Gasteiger partial charge in [0.05, 0.1) is 35.6 Å². The fraction of sp³-hybridized carbons (Fsp3) is 0.571. The molecule has 12 nitrogen and oxygen atoms in total. The van der Waals surface area contributed by atoms with Crippen molar-refractivity contribution in [2.24, 2.45) is 0 Å². The van der Waals surface area contributed by atoms with Crippen LogP contribution in [0.2, 0.25) is 0 Å². The summed E-state index contributed by atoms with van der Waals surface area (Å²) in [5.41, 5.74) is 2.15. The summed E-state index contributed by atoms with van der Waals surface area (Å²) in [6.45, 7) is 5.00. The number of fused-ring (bicyclic) bond motifs is 1. The number of amides is 1. The predicted octanol–water partition coefficient (Wildman–Crippen LogP) is 2.71. The maximum atomic E-state index is 12.9. The molecular formula is C28H39N7O5S. The molecule has 1 aliphatic carbocycles. The molecule has 13 heteroatoms. The van der Waals surface area contributed by atoms with Crippen LogP contribution in [0.5, 0.6) is 0 Å². The number of carbonyl (C=O) groups is 1. The Labute approximate surface area is 240 Å². The summed E-state index contributed by atoms with van der Waals surface area (Å²) in [7, 11) is -3.79. The molecule has 2 aliphatic rings. The molecular weight excluding hydrogens is 546 g/mol. The number of hydrogen-bond donors (Lipinski definition) is 3. The van der Waals surface area contributed by atoms with Gasteiger partial charge >= 0.3 is 0 Å². The Morgan fingerprint density at radius 1 is 1.10 bits per heavy atom. The van der Waals surface area contributed by atoms with Crippen molar-refractivity contribution in [3.63, 3.8) is 0 Å². The Balaban J connectivity index is 1.34. The van der Waals surface area contributed by atoms with Crippen molar-refractivity contribution in [3.8, 4) is 11.3 Å². The normalized spacial score (nSPS) is 19.9. The van der Waals surface area contributed by atoms with E-state index in [9.17, 15) is 18.3 Å². The van der Waals surface area contributed by atoms with Gasteiger partial charge in [-0.1, -0.05) is 25.5 Å². The number of rotatable bonds is 11. The number of aliphatic hydroxyl groups is 1. The smallest absolute Gasteiger partial charge is 0.240 e. The third-order valence-corrected chi connectivity index (χ3v) is 9.18. The van der Waals surface area contributed by atoms with Gasteiger partial charge in [-0.05, 0) is 44.2 Å². The van der Waals surface area contributed by atoms with Gasteiger partial charge in [0, 0.05) is 44.4 Å². The highest BCUT2D eigenvalue weighted by Crippen LogP contribution is 2.34. The van der Waals surface area contributed by atoms with E-state index >= 15 is 0 Å². The number of nitrogens with one attached hydrogen (secondary N) is 2. The summed E-state index contributed by atoms with van der Waals surface area (Å²) in [4.78, 5) is 23.5. The summed E-state index contributed by atoms with van der Waals surface area (Å²) < 4.78 is 35.6. The van der Waals surface area contributed by atoms with Gasteiger partial charge in [0.2, 0.25) is 21.9 Å². The van der Waals surface area contributed by atoms with Gasteiger partial charge < -0.3 is 20.1 Å². The average Bonchev–Trinajstić information content (AvgIpc) is 3.37. The van der Waals surface area contributed by atoms with Gasteiger partial charge in [0.15, 0.2) is 5.65 Å². The molecule has 1 saturated heterocycles. The summed E-state index contributed by atoms with van der Waals surface area (Å²) in [5, 5.41) is 19.0. The topological polar surface area (TPSA) is 152 Å². The number of carbonyl (C=O) groups excluding carboxylic acids is 1. The van der Waals surface area contributed by atoms with Gasteiger partial charge in [0.1, 0.15) is 5.69 Å². The van der Waals surface area contributed by atoms with Crippen LogP contribution in [-0.2, 0) is 19.6 Å². The van der Waals surface area contributed by atoms with Crippen LogP contribution < -0.4 is 10.0 Å². The maximum absolute atomic E-state index is 12.9. The first-order valence-electron chi connectivity index (χ1n) is 14.5. The monoisotopic (exact) mass is 585 g/mol. The lowest BCUT2D eigenvalue weighted by Gasteiger charge is -2.26. The highest BCUT2D eigenvalue weighted by Gasteiger charge is 2.26. The van der Waals surface area contributed by atoms with Crippen molar-refractivity contribution in [1.29, 1.82) is 0 Å². The van der Waals surface area contributed by atoms with E-state index in [0.717, 1.165) is 48.8 Å². The molecule has 1 aliphatic heterocycles. The summed E-state index contributed by atoms with van der Waals surface area (Å²) in [6, 6.07) is 6.67. The average molecular weight is 586 g/mol. The van der Waals surface area contributed by atoms with Crippen LogP contribution in [0.3, 0.4) is 0 Å². The molecule has 0 atom stereocenters. The van der Waals surface area contributed by atoms with E-state index in [4.69, 9.17) is 14.8 Å². The van der Waals surface area contributed by atoms with Crippen LogP contribution in [0.1, 0.15) is 57.9 Å². The number of hydrogen-bond acceptors (Lipinski definition) is 9. The van der Waals surface area contributed by atoms with Gasteiger partial charge in [-0.25, -0.2) is 22.8 Å². The van der Waals surface area contributed by atoms with E-state index in [1.165, 1.54) is 0 Å². The summed E-state index contributed by atoms with van der Waals surface area (Å²) >= 11 is 0. The Bertz CT molecular complexity index is 1430. The molecule has 41 heavy (non-hydrogen) atoms. The minimum absolute atomic E-state index is 0.0252. The van der Waals surface area contributed by atoms with Gasteiger partial charge in [-0.15, -0.1) is 0 Å². The molecule has 2 aromatic heterocycles. The van der Waals surface area contributed by atoms with E-state index in [0.29, 0.717) is 50.8 Å². The first-order valence-corrected chi connectivity index (χ1v) is 16.0. The number of unbranched alkanes of at least 4 members (excludes halogenated alkanes) is 1. The molecule has 0 spiro atoms. The third-order valence-electron chi connectivity index (χ3n) is 7.71. The highest BCUT2D eigenvalue weighted by molar-refractivity contribution is 7.89. The van der Waals surface area contributed by atoms with Crippen molar-refractivity contribution >= 4 is 32.9 Å². The molecule has 0 radical (unpaired) electrons. The molecule has 3 heterocycles. The first kappa shape index (κ1) is 29.4. The molecule has 1 saturated carbocycles. The van der Waals surface area contributed by atoms with E-state index in [-0.39, 0.29) is 35.9 Å². The Kier molecular flexibility index (Phi) is 9.48. The van der Waals surface area contributed by atoms with E-state index in [1.807, 2.05) is 4.68 Å².